The van der Waals surface area contributed by atoms with Crippen molar-refractivity contribution in [3.63, 3.8) is 0 Å². The maximum atomic E-state index is 12.8. The molecule has 5 nitrogen and oxygen atoms in total. The minimum Gasteiger partial charge on any atom is -0.490 e. The van der Waals surface area contributed by atoms with E-state index in [1.54, 1.807) is 24.3 Å². The number of rotatable bonds is 4. The fourth-order valence-corrected chi connectivity index (χ4v) is 4.21. The molecule has 158 valence electrons. The molecule has 1 amide bonds. The third kappa shape index (κ3) is 4.69. The Labute approximate surface area is 167 Å². The lowest BCUT2D eigenvalue weighted by molar-refractivity contribution is -0.141. The second-order valence-electron chi connectivity index (χ2n) is 7.78. The molecular formula is C21H25F3N2O3. The van der Waals surface area contributed by atoms with E-state index in [4.69, 9.17) is 9.47 Å². The Morgan fingerprint density at radius 3 is 2.52 bits per heavy atom. The van der Waals surface area contributed by atoms with Crippen molar-refractivity contribution in [3.8, 4) is 5.75 Å². The molecule has 0 unspecified atom stereocenters. The van der Waals surface area contributed by atoms with Crippen LogP contribution in [-0.2, 0) is 16.1 Å². The first-order chi connectivity index (χ1) is 13.9. The van der Waals surface area contributed by atoms with Gasteiger partial charge in [-0.2, -0.15) is 13.2 Å². The smallest absolute Gasteiger partial charge is 0.406 e. The van der Waals surface area contributed by atoms with Gasteiger partial charge in [0.15, 0.2) is 0 Å². The molecule has 8 heteroatoms. The molecule has 1 aromatic carbocycles. The molecule has 0 N–H and O–H groups in total. The summed E-state index contributed by atoms with van der Waals surface area (Å²) < 4.78 is 50.9. The molecule has 0 bridgehead atoms. The predicted octanol–water partition coefficient (Wildman–Crippen LogP) is 4.00. The average molecular weight is 410 g/mol. The number of halogens is 3. The summed E-state index contributed by atoms with van der Waals surface area (Å²) in [6.45, 7) is 1.56. The van der Waals surface area contributed by atoms with Gasteiger partial charge in [-0.1, -0.05) is 6.07 Å². The summed E-state index contributed by atoms with van der Waals surface area (Å²) >= 11 is 0. The minimum atomic E-state index is -4.27. The lowest BCUT2D eigenvalue weighted by Crippen LogP contribution is -2.45. The van der Waals surface area contributed by atoms with Crippen LogP contribution in [-0.4, -0.2) is 54.0 Å². The standard InChI is InChI=1S/C21H25F3N2O3/c22-21(23,24)14-26-11-6-17-18(26)2-1-3-19(17)29-16-4-9-25(10-5-16)20(27)15-7-12-28-13-8-15/h1-3,6,11,15-16H,4-5,7-10,12-14H2. The van der Waals surface area contributed by atoms with E-state index in [2.05, 4.69) is 0 Å². The average Bonchev–Trinajstić information content (AvgIpc) is 3.11. The second-order valence-corrected chi connectivity index (χ2v) is 7.78. The molecule has 4 rings (SSSR count). The highest BCUT2D eigenvalue weighted by Gasteiger charge is 2.31. The van der Waals surface area contributed by atoms with E-state index < -0.39 is 12.7 Å². The number of likely N-dealkylation sites (tertiary alicyclic amines) is 1. The number of hydrogen-bond donors (Lipinski definition) is 0. The number of nitrogens with zero attached hydrogens (tertiary/aromatic N) is 2. The van der Waals surface area contributed by atoms with Gasteiger partial charge in [-0.3, -0.25) is 4.79 Å². The van der Waals surface area contributed by atoms with Crippen LogP contribution < -0.4 is 4.74 Å². The van der Waals surface area contributed by atoms with Gasteiger partial charge in [0.1, 0.15) is 18.4 Å². The summed E-state index contributed by atoms with van der Waals surface area (Å²) in [7, 11) is 0. The van der Waals surface area contributed by atoms with Gasteiger partial charge in [0.2, 0.25) is 5.91 Å². The fraction of sp³-hybridized carbons (Fsp3) is 0.571. The van der Waals surface area contributed by atoms with Crippen LogP contribution >= 0.6 is 0 Å². The van der Waals surface area contributed by atoms with E-state index in [1.165, 1.54) is 10.8 Å². The first-order valence-corrected chi connectivity index (χ1v) is 10.1. The lowest BCUT2D eigenvalue weighted by atomic mass is 9.97. The van der Waals surface area contributed by atoms with E-state index in [1.807, 2.05) is 4.90 Å². The third-order valence-electron chi connectivity index (χ3n) is 5.74. The quantitative estimate of drug-likeness (QED) is 0.765. The number of carbonyl (C=O) groups is 1. The highest BCUT2D eigenvalue weighted by Crippen LogP contribution is 2.31. The van der Waals surface area contributed by atoms with Crippen molar-refractivity contribution in [1.29, 1.82) is 0 Å². The molecule has 2 saturated heterocycles. The Kier molecular flexibility index (Phi) is 5.72. The Morgan fingerprint density at radius 2 is 1.83 bits per heavy atom. The molecule has 2 aliphatic heterocycles. The maximum Gasteiger partial charge on any atom is 0.406 e. The zero-order valence-electron chi connectivity index (χ0n) is 16.2. The van der Waals surface area contributed by atoms with Crippen LogP contribution in [0.2, 0.25) is 0 Å². The van der Waals surface area contributed by atoms with Gasteiger partial charge in [-0.05, 0) is 31.0 Å². The molecular weight excluding hydrogens is 385 g/mol. The van der Waals surface area contributed by atoms with Gasteiger partial charge >= 0.3 is 6.18 Å². The molecule has 0 radical (unpaired) electrons. The minimum absolute atomic E-state index is 0.0506. The summed E-state index contributed by atoms with van der Waals surface area (Å²) in [5.74, 6) is 0.860. The normalized spacial score (nSPS) is 19.6. The van der Waals surface area contributed by atoms with Crippen LogP contribution in [0, 0.1) is 5.92 Å². The second kappa shape index (κ2) is 8.26. The highest BCUT2D eigenvalue weighted by atomic mass is 19.4. The number of carbonyl (C=O) groups excluding carboxylic acids is 1. The van der Waals surface area contributed by atoms with Crippen LogP contribution in [0.15, 0.2) is 30.5 Å². The number of fused-ring (bicyclic) bond motifs is 1. The molecule has 3 heterocycles. The van der Waals surface area contributed by atoms with Crippen LogP contribution in [0.4, 0.5) is 13.2 Å². The van der Waals surface area contributed by atoms with Gasteiger partial charge < -0.3 is 18.9 Å². The molecule has 0 aliphatic carbocycles. The van der Waals surface area contributed by atoms with Crippen molar-refractivity contribution in [2.45, 2.75) is 44.5 Å². The first kappa shape index (κ1) is 20.1. The summed E-state index contributed by atoms with van der Waals surface area (Å²) in [5, 5.41) is 0.678. The predicted molar refractivity (Wildman–Crippen MR) is 102 cm³/mol. The van der Waals surface area contributed by atoms with Crippen LogP contribution in [0.3, 0.4) is 0 Å². The van der Waals surface area contributed by atoms with Crippen LogP contribution in [0.1, 0.15) is 25.7 Å². The topological polar surface area (TPSA) is 43.7 Å². The SMILES string of the molecule is O=C(C1CCOCC1)N1CCC(Oc2cccc3c2ccn3CC(F)(F)F)CC1. The highest BCUT2D eigenvalue weighted by molar-refractivity contribution is 5.86. The van der Waals surface area contributed by atoms with E-state index in [9.17, 15) is 18.0 Å². The molecule has 0 atom stereocenters. The van der Waals surface area contributed by atoms with E-state index in [0.717, 1.165) is 12.8 Å². The Bertz CT molecular complexity index is 850. The number of benzene rings is 1. The molecule has 1 aromatic heterocycles. The fourth-order valence-electron chi connectivity index (χ4n) is 4.21. The van der Waals surface area contributed by atoms with Gasteiger partial charge in [-0.25, -0.2) is 0 Å². The number of amides is 1. The van der Waals surface area contributed by atoms with Crippen molar-refractivity contribution >= 4 is 16.8 Å². The molecule has 0 spiro atoms. The van der Waals surface area contributed by atoms with E-state index >= 15 is 0 Å². The summed E-state index contributed by atoms with van der Waals surface area (Å²) in [6.07, 6.45) is 0.124. The lowest BCUT2D eigenvalue weighted by Gasteiger charge is -2.35. The van der Waals surface area contributed by atoms with Crippen molar-refractivity contribution in [2.75, 3.05) is 26.3 Å². The van der Waals surface area contributed by atoms with E-state index in [-0.39, 0.29) is 17.9 Å². The van der Waals surface area contributed by atoms with Crippen LogP contribution in [0.5, 0.6) is 5.75 Å². The van der Waals surface area contributed by atoms with Crippen molar-refractivity contribution in [3.05, 3.63) is 30.5 Å². The largest absolute Gasteiger partial charge is 0.490 e. The molecule has 0 saturated carbocycles. The summed E-state index contributed by atoms with van der Waals surface area (Å²) in [5.41, 5.74) is 0.506. The monoisotopic (exact) mass is 410 g/mol. The zero-order valence-corrected chi connectivity index (χ0v) is 16.2. The number of piperidine rings is 1. The van der Waals surface area contributed by atoms with Gasteiger partial charge in [-0.15, -0.1) is 0 Å². The number of ether oxygens (including phenoxy) is 2. The summed E-state index contributed by atoms with van der Waals surface area (Å²) in [4.78, 5) is 14.6. The van der Waals surface area contributed by atoms with Crippen molar-refractivity contribution < 1.29 is 27.4 Å². The third-order valence-corrected chi connectivity index (χ3v) is 5.74. The van der Waals surface area contributed by atoms with Crippen molar-refractivity contribution in [1.82, 2.24) is 9.47 Å². The zero-order chi connectivity index (χ0) is 20.4. The Balaban J connectivity index is 1.38. The Morgan fingerprint density at radius 1 is 1.10 bits per heavy atom. The number of alkyl halides is 3. The van der Waals surface area contributed by atoms with Gasteiger partial charge in [0.05, 0.1) is 5.52 Å². The molecule has 2 fully saturated rings. The van der Waals surface area contributed by atoms with Gasteiger partial charge in [0, 0.05) is 56.6 Å². The number of aromatic nitrogens is 1. The Hall–Kier alpha value is -2.22. The molecule has 29 heavy (non-hydrogen) atoms. The first-order valence-electron chi connectivity index (χ1n) is 10.1. The maximum absolute atomic E-state index is 12.8. The summed E-state index contributed by atoms with van der Waals surface area (Å²) in [6, 6.07) is 6.84. The molecule has 2 aromatic rings. The van der Waals surface area contributed by atoms with E-state index in [0.29, 0.717) is 55.8 Å². The van der Waals surface area contributed by atoms with Gasteiger partial charge in [0.25, 0.3) is 0 Å². The molecule has 2 aliphatic rings. The van der Waals surface area contributed by atoms with Crippen LogP contribution in [0.25, 0.3) is 10.9 Å². The number of hydrogen-bond acceptors (Lipinski definition) is 3. The van der Waals surface area contributed by atoms with Crippen molar-refractivity contribution in [2.24, 2.45) is 5.92 Å².